The first kappa shape index (κ1) is 10.7. The topological polar surface area (TPSA) is 128 Å². The number of carboxylic acid groups (broad SMARTS) is 1. The number of hydrogen-bond donors (Lipinski definition) is 4. The molecule has 12 heavy (non-hydrogen) atoms. The lowest BCUT2D eigenvalue weighted by Gasteiger charge is -2.18. The van der Waals surface area contributed by atoms with E-state index >= 15 is 0 Å². The molecule has 0 fully saturated rings. The van der Waals surface area contributed by atoms with Crippen LogP contribution in [0.15, 0.2) is 4.99 Å². The maximum absolute atomic E-state index is 10.6. The van der Waals surface area contributed by atoms with E-state index in [1.807, 2.05) is 0 Å². The number of carbonyl (C=O) groups is 1. The van der Waals surface area contributed by atoms with Gasteiger partial charge in [0, 0.05) is 0 Å². The number of hydrogen-bond acceptors (Lipinski definition) is 3. The fourth-order valence-corrected chi connectivity index (χ4v) is 0.822. The summed E-state index contributed by atoms with van der Waals surface area (Å²) in [7, 11) is 0. The third-order valence-electron chi connectivity index (χ3n) is 1.33. The highest BCUT2D eigenvalue weighted by Crippen LogP contribution is 2.10. The van der Waals surface area contributed by atoms with Crippen molar-refractivity contribution in [1.82, 2.24) is 0 Å². The molecule has 70 valence electrons. The predicted molar refractivity (Wildman–Crippen MR) is 45.3 cm³/mol. The molecule has 0 bridgehead atoms. The van der Waals surface area contributed by atoms with Crippen LogP contribution in [0.3, 0.4) is 0 Å². The monoisotopic (exact) mass is 174 g/mol. The Kier molecular flexibility index (Phi) is 3.49. The van der Waals surface area contributed by atoms with Crippen molar-refractivity contribution < 1.29 is 9.90 Å². The standard InChI is InChI=1S/C6H14N4O2/c1-2-3-6(9,4(11)12)10-5(7)8/h2-3,9H2,1H3,(H,11,12)(H4,7,8,10). The second-order valence-corrected chi connectivity index (χ2v) is 2.52. The van der Waals surface area contributed by atoms with Gasteiger partial charge in [0.25, 0.3) is 0 Å². The lowest BCUT2D eigenvalue weighted by Crippen LogP contribution is -2.48. The van der Waals surface area contributed by atoms with E-state index in [9.17, 15) is 4.79 Å². The van der Waals surface area contributed by atoms with Gasteiger partial charge in [0.15, 0.2) is 5.96 Å². The Morgan fingerprint density at radius 3 is 2.33 bits per heavy atom. The maximum atomic E-state index is 10.6. The molecule has 0 aromatic rings. The Morgan fingerprint density at radius 1 is 1.58 bits per heavy atom. The van der Waals surface area contributed by atoms with Gasteiger partial charge in [0.2, 0.25) is 5.66 Å². The lowest BCUT2D eigenvalue weighted by molar-refractivity contribution is -0.143. The molecule has 0 aliphatic rings. The second-order valence-electron chi connectivity index (χ2n) is 2.52. The number of guanidine groups is 1. The SMILES string of the molecule is CCCC(N)(N=C(N)N)C(=O)O. The van der Waals surface area contributed by atoms with Crippen LogP contribution >= 0.6 is 0 Å². The molecular formula is C6H14N4O2. The second kappa shape index (κ2) is 3.91. The van der Waals surface area contributed by atoms with E-state index in [4.69, 9.17) is 22.3 Å². The first-order valence-corrected chi connectivity index (χ1v) is 3.55. The molecule has 0 saturated carbocycles. The van der Waals surface area contributed by atoms with Gasteiger partial charge in [-0.15, -0.1) is 0 Å². The predicted octanol–water partition coefficient (Wildman–Crippen LogP) is -1.20. The van der Waals surface area contributed by atoms with Crippen LogP contribution in [0.4, 0.5) is 0 Å². The van der Waals surface area contributed by atoms with Crippen LogP contribution in [0.5, 0.6) is 0 Å². The van der Waals surface area contributed by atoms with Crippen molar-refractivity contribution in [1.29, 1.82) is 0 Å². The third kappa shape index (κ3) is 2.75. The molecule has 0 heterocycles. The summed E-state index contributed by atoms with van der Waals surface area (Å²) in [5, 5.41) is 8.67. The van der Waals surface area contributed by atoms with Crippen molar-refractivity contribution in [3.8, 4) is 0 Å². The Morgan fingerprint density at radius 2 is 2.08 bits per heavy atom. The maximum Gasteiger partial charge on any atom is 0.346 e. The largest absolute Gasteiger partial charge is 0.478 e. The average Bonchev–Trinajstić information content (AvgIpc) is 1.85. The number of rotatable bonds is 4. The molecule has 0 radical (unpaired) electrons. The molecule has 6 nitrogen and oxygen atoms in total. The van der Waals surface area contributed by atoms with Gasteiger partial charge in [-0.2, -0.15) is 0 Å². The van der Waals surface area contributed by atoms with Crippen molar-refractivity contribution in [2.24, 2.45) is 22.2 Å². The quantitative estimate of drug-likeness (QED) is 0.314. The molecule has 0 aromatic carbocycles. The minimum atomic E-state index is -1.67. The molecular weight excluding hydrogens is 160 g/mol. The van der Waals surface area contributed by atoms with Gasteiger partial charge >= 0.3 is 5.97 Å². The minimum Gasteiger partial charge on any atom is -0.478 e. The van der Waals surface area contributed by atoms with E-state index in [1.165, 1.54) is 0 Å². The van der Waals surface area contributed by atoms with E-state index < -0.39 is 11.6 Å². The van der Waals surface area contributed by atoms with E-state index in [0.29, 0.717) is 6.42 Å². The molecule has 0 amide bonds. The van der Waals surface area contributed by atoms with Crippen LogP contribution in [-0.2, 0) is 4.79 Å². The summed E-state index contributed by atoms with van der Waals surface area (Å²) in [5.74, 6) is -1.54. The van der Waals surface area contributed by atoms with Crippen molar-refractivity contribution in [3.05, 3.63) is 0 Å². The fourth-order valence-electron chi connectivity index (χ4n) is 0.822. The van der Waals surface area contributed by atoms with Crippen LogP contribution in [0.2, 0.25) is 0 Å². The Balaban J connectivity index is 4.62. The van der Waals surface area contributed by atoms with E-state index in [1.54, 1.807) is 6.92 Å². The summed E-state index contributed by atoms with van der Waals surface area (Å²) in [5.41, 5.74) is 13.8. The minimum absolute atomic E-state index is 0.209. The van der Waals surface area contributed by atoms with Gasteiger partial charge in [-0.1, -0.05) is 13.3 Å². The zero-order valence-electron chi connectivity index (χ0n) is 6.95. The average molecular weight is 174 g/mol. The van der Waals surface area contributed by atoms with E-state index in [-0.39, 0.29) is 12.4 Å². The summed E-state index contributed by atoms with van der Waals surface area (Å²) < 4.78 is 0. The first-order valence-electron chi connectivity index (χ1n) is 3.55. The molecule has 0 saturated heterocycles. The van der Waals surface area contributed by atoms with Crippen LogP contribution in [-0.4, -0.2) is 22.7 Å². The molecule has 7 N–H and O–H groups in total. The van der Waals surface area contributed by atoms with Gasteiger partial charge in [-0.25, -0.2) is 9.79 Å². The highest BCUT2D eigenvalue weighted by Gasteiger charge is 2.32. The number of nitrogens with zero attached hydrogens (tertiary/aromatic N) is 1. The first-order chi connectivity index (χ1) is 5.42. The molecule has 0 aromatic heterocycles. The highest BCUT2D eigenvalue weighted by molar-refractivity contribution is 5.84. The van der Waals surface area contributed by atoms with E-state index in [2.05, 4.69) is 4.99 Å². The summed E-state index contributed by atoms with van der Waals surface area (Å²) in [4.78, 5) is 14.1. The summed E-state index contributed by atoms with van der Waals surface area (Å²) in [6, 6.07) is 0. The zero-order valence-corrected chi connectivity index (χ0v) is 6.95. The van der Waals surface area contributed by atoms with Gasteiger partial charge in [0.05, 0.1) is 0 Å². The lowest BCUT2D eigenvalue weighted by atomic mass is 10.1. The summed E-state index contributed by atoms with van der Waals surface area (Å²) in [6.45, 7) is 1.80. The number of aliphatic imine (C=N–C) groups is 1. The Hall–Kier alpha value is -1.30. The van der Waals surface area contributed by atoms with Crippen LogP contribution in [0, 0.1) is 0 Å². The molecule has 0 spiro atoms. The van der Waals surface area contributed by atoms with E-state index in [0.717, 1.165) is 0 Å². The molecule has 1 atom stereocenters. The fraction of sp³-hybridized carbons (Fsp3) is 0.667. The van der Waals surface area contributed by atoms with Crippen molar-refractivity contribution >= 4 is 11.9 Å². The van der Waals surface area contributed by atoms with Gasteiger partial charge in [0.1, 0.15) is 0 Å². The van der Waals surface area contributed by atoms with Gasteiger partial charge in [-0.05, 0) is 6.42 Å². The Bertz CT molecular complexity index is 200. The zero-order chi connectivity index (χ0) is 9.78. The third-order valence-corrected chi connectivity index (χ3v) is 1.33. The van der Waals surface area contributed by atoms with Crippen molar-refractivity contribution in [3.63, 3.8) is 0 Å². The summed E-state index contributed by atoms with van der Waals surface area (Å²) >= 11 is 0. The highest BCUT2D eigenvalue weighted by atomic mass is 16.4. The van der Waals surface area contributed by atoms with Crippen LogP contribution < -0.4 is 17.2 Å². The van der Waals surface area contributed by atoms with Gasteiger partial charge < -0.3 is 16.6 Å². The molecule has 1 unspecified atom stereocenters. The number of carboxylic acids is 1. The molecule has 6 heteroatoms. The Labute approximate surface area is 70.4 Å². The molecule has 0 aliphatic heterocycles. The van der Waals surface area contributed by atoms with Gasteiger partial charge in [-0.3, -0.25) is 5.73 Å². The van der Waals surface area contributed by atoms with Crippen molar-refractivity contribution in [2.75, 3.05) is 0 Å². The van der Waals surface area contributed by atoms with Crippen molar-refractivity contribution in [2.45, 2.75) is 25.4 Å². The molecule has 0 rings (SSSR count). The van der Waals surface area contributed by atoms with Crippen LogP contribution in [0.25, 0.3) is 0 Å². The number of aliphatic carboxylic acids is 1. The summed E-state index contributed by atoms with van der Waals surface area (Å²) in [6.07, 6.45) is 0.805. The smallest absolute Gasteiger partial charge is 0.346 e. The molecule has 0 aliphatic carbocycles. The van der Waals surface area contributed by atoms with Crippen LogP contribution in [0.1, 0.15) is 19.8 Å². The normalized spacial score (nSPS) is 14.8. The number of nitrogens with two attached hydrogens (primary N) is 3.